The van der Waals surface area contributed by atoms with E-state index in [2.05, 4.69) is 69.2 Å². The van der Waals surface area contributed by atoms with E-state index >= 15 is 0 Å². The van der Waals surface area contributed by atoms with Crippen molar-refractivity contribution in [2.24, 2.45) is 0 Å². The average Bonchev–Trinajstić information content (AvgIpc) is 2.76. The zero-order valence-corrected chi connectivity index (χ0v) is 19.0. The molecule has 6 nitrogen and oxygen atoms in total. The van der Waals surface area contributed by atoms with Crippen molar-refractivity contribution >= 4 is 32.7 Å². The van der Waals surface area contributed by atoms with Crippen LogP contribution >= 0.6 is 15.9 Å². The van der Waals surface area contributed by atoms with Gasteiger partial charge in [0, 0.05) is 30.5 Å². The first-order valence-corrected chi connectivity index (χ1v) is 11.0. The van der Waals surface area contributed by atoms with Crippen LogP contribution in [0.2, 0.25) is 0 Å². The molecule has 0 saturated heterocycles. The number of aryl methyl sites for hydroxylation is 1. The average molecular weight is 471 g/mol. The Bertz CT molecular complexity index is 1060. The number of aromatic nitrogens is 2. The van der Waals surface area contributed by atoms with Gasteiger partial charge in [-0.1, -0.05) is 54.0 Å². The summed E-state index contributed by atoms with van der Waals surface area (Å²) < 4.78 is 2.31. The summed E-state index contributed by atoms with van der Waals surface area (Å²) in [6.07, 6.45) is 1.72. The molecule has 0 atom stereocenters. The van der Waals surface area contributed by atoms with Crippen molar-refractivity contribution in [2.45, 2.75) is 39.9 Å². The highest BCUT2D eigenvalue weighted by Gasteiger charge is 2.08. The van der Waals surface area contributed by atoms with Crippen molar-refractivity contribution in [2.75, 3.05) is 13.1 Å². The normalized spacial score (nSPS) is 11.2. The molecule has 30 heavy (non-hydrogen) atoms. The van der Waals surface area contributed by atoms with Crippen LogP contribution < -0.4 is 10.9 Å². The van der Waals surface area contributed by atoms with Gasteiger partial charge in [-0.25, -0.2) is 4.98 Å². The lowest BCUT2D eigenvalue weighted by Crippen LogP contribution is -2.27. The standard InChI is InChI=1S/C23H27BrN4O2/c1-3-27(4-2)15-18-7-5-17(6-8-18)14-25-22(29)11-12-28-16-26-21-10-9-19(24)13-20(21)23(28)30/h5-10,13,16H,3-4,11-12,14-15H2,1-2H3,(H,25,29). The van der Waals surface area contributed by atoms with Crippen molar-refractivity contribution in [1.82, 2.24) is 19.8 Å². The van der Waals surface area contributed by atoms with Crippen molar-refractivity contribution in [3.05, 3.63) is 74.7 Å². The molecule has 1 aromatic heterocycles. The fourth-order valence-electron chi connectivity index (χ4n) is 3.27. The van der Waals surface area contributed by atoms with Crippen LogP contribution in [0.1, 0.15) is 31.4 Å². The molecule has 3 aromatic rings. The lowest BCUT2D eigenvalue weighted by Gasteiger charge is -2.18. The predicted molar refractivity (Wildman–Crippen MR) is 123 cm³/mol. The number of nitrogens with one attached hydrogen (secondary N) is 1. The summed E-state index contributed by atoms with van der Waals surface area (Å²) in [5, 5.41) is 3.46. The summed E-state index contributed by atoms with van der Waals surface area (Å²) in [5.74, 6) is -0.0940. The van der Waals surface area contributed by atoms with Gasteiger partial charge in [-0.2, -0.15) is 0 Å². The first-order chi connectivity index (χ1) is 14.5. The van der Waals surface area contributed by atoms with E-state index < -0.39 is 0 Å². The highest BCUT2D eigenvalue weighted by atomic mass is 79.9. The van der Waals surface area contributed by atoms with E-state index in [-0.39, 0.29) is 17.9 Å². The van der Waals surface area contributed by atoms with Gasteiger partial charge in [-0.05, 0) is 42.4 Å². The van der Waals surface area contributed by atoms with Crippen LogP contribution in [0, 0.1) is 0 Å². The van der Waals surface area contributed by atoms with Crippen molar-refractivity contribution in [1.29, 1.82) is 0 Å². The van der Waals surface area contributed by atoms with Gasteiger partial charge in [0.25, 0.3) is 5.56 Å². The Labute approximate surface area is 185 Å². The van der Waals surface area contributed by atoms with Gasteiger partial charge in [0.05, 0.1) is 17.2 Å². The fourth-order valence-corrected chi connectivity index (χ4v) is 3.63. The van der Waals surface area contributed by atoms with Crippen LogP contribution in [0.5, 0.6) is 0 Å². The molecule has 0 spiro atoms. The summed E-state index contributed by atoms with van der Waals surface area (Å²) in [5.41, 5.74) is 2.83. The fraction of sp³-hybridized carbons (Fsp3) is 0.348. The second-order valence-corrected chi connectivity index (χ2v) is 8.12. The molecular formula is C23H27BrN4O2. The minimum atomic E-state index is -0.141. The smallest absolute Gasteiger partial charge is 0.261 e. The minimum absolute atomic E-state index is 0.0940. The SMILES string of the molecule is CCN(CC)Cc1ccc(CNC(=O)CCn2cnc3ccc(Br)cc3c2=O)cc1. The van der Waals surface area contributed by atoms with E-state index in [0.717, 1.165) is 29.7 Å². The van der Waals surface area contributed by atoms with Crippen molar-refractivity contribution < 1.29 is 4.79 Å². The van der Waals surface area contributed by atoms with E-state index in [1.807, 2.05) is 6.07 Å². The third-order valence-corrected chi connectivity index (χ3v) is 5.67. The number of benzene rings is 2. The number of nitrogens with zero attached hydrogens (tertiary/aromatic N) is 3. The summed E-state index contributed by atoms with van der Waals surface area (Å²) in [6.45, 7) is 8.08. The van der Waals surface area contributed by atoms with E-state index in [0.29, 0.717) is 24.0 Å². The molecule has 0 aliphatic heterocycles. The lowest BCUT2D eigenvalue weighted by atomic mass is 10.1. The molecule has 0 unspecified atom stereocenters. The molecular weight excluding hydrogens is 444 g/mol. The summed E-state index contributed by atoms with van der Waals surface area (Å²) in [4.78, 5) is 31.5. The Balaban J connectivity index is 1.52. The third kappa shape index (κ3) is 5.77. The topological polar surface area (TPSA) is 67.2 Å². The zero-order chi connectivity index (χ0) is 21.5. The molecule has 0 saturated carbocycles. The summed E-state index contributed by atoms with van der Waals surface area (Å²) >= 11 is 3.38. The van der Waals surface area contributed by atoms with E-state index in [1.54, 1.807) is 12.1 Å². The van der Waals surface area contributed by atoms with E-state index in [9.17, 15) is 9.59 Å². The van der Waals surface area contributed by atoms with Gasteiger partial charge in [0.1, 0.15) is 0 Å². The predicted octanol–water partition coefficient (Wildman–Crippen LogP) is 3.71. The zero-order valence-electron chi connectivity index (χ0n) is 17.4. The van der Waals surface area contributed by atoms with Gasteiger partial charge in [-0.15, -0.1) is 0 Å². The van der Waals surface area contributed by atoms with Gasteiger partial charge >= 0.3 is 0 Å². The molecule has 3 rings (SSSR count). The first-order valence-electron chi connectivity index (χ1n) is 10.2. The highest BCUT2D eigenvalue weighted by molar-refractivity contribution is 9.10. The molecule has 2 aromatic carbocycles. The molecule has 0 aliphatic rings. The summed E-state index contributed by atoms with van der Waals surface area (Å²) in [6, 6.07) is 13.7. The van der Waals surface area contributed by atoms with Gasteiger partial charge in [-0.3, -0.25) is 19.1 Å². The molecule has 1 heterocycles. The molecule has 1 amide bonds. The molecule has 158 valence electrons. The highest BCUT2D eigenvalue weighted by Crippen LogP contribution is 2.15. The van der Waals surface area contributed by atoms with Gasteiger partial charge < -0.3 is 5.32 Å². The second-order valence-electron chi connectivity index (χ2n) is 7.21. The maximum Gasteiger partial charge on any atom is 0.261 e. The number of rotatable bonds is 9. The number of hydrogen-bond donors (Lipinski definition) is 1. The molecule has 0 radical (unpaired) electrons. The Kier molecular flexibility index (Phi) is 7.76. The van der Waals surface area contributed by atoms with E-state index in [1.165, 1.54) is 16.5 Å². The molecule has 0 aliphatic carbocycles. The van der Waals surface area contributed by atoms with E-state index in [4.69, 9.17) is 0 Å². The van der Waals surface area contributed by atoms with Crippen LogP contribution in [-0.4, -0.2) is 33.4 Å². The van der Waals surface area contributed by atoms with Crippen molar-refractivity contribution in [3.63, 3.8) is 0 Å². The quantitative estimate of drug-likeness (QED) is 0.517. The number of hydrogen-bond acceptors (Lipinski definition) is 4. The largest absolute Gasteiger partial charge is 0.352 e. The Morgan fingerprint density at radius 2 is 1.80 bits per heavy atom. The monoisotopic (exact) mass is 470 g/mol. The number of carbonyl (C=O) groups excluding carboxylic acids is 1. The Morgan fingerprint density at radius 1 is 1.10 bits per heavy atom. The number of amides is 1. The maximum absolute atomic E-state index is 12.6. The Hall–Kier alpha value is -2.51. The molecule has 1 N–H and O–H groups in total. The van der Waals surface area contributed by atoms with Crippen LogP contribution in [0.4, 0.5) is 0 Å². The maximum atomic E-state index is 12.6. The van der Waals surface area contributed by atoms with Gasteiger partial charge in [0.15, 0.2) is 0 Å². The van der Waals surface area contributed by atoms with Crippen molar-refractivity contribution in [3.8, 4) is 0 Å². The molecule has 0 bridgehead atoms. The van der Waals surface area contributed by atoms with Crippen LogP contribution in [0.3, 0.4) is 0 Å². The summed E-state index contributed by atoms with van der Waals surface area (Å²) in [7, 11) is 0. The number of halogens is 1. The van der Waals surface area contributed by atoms with Crippen LogP contribution in [-0.2, 0) is 24.4 Å². The molecule has 0 fully saturated rings. The third-order valence-electron chi connectivity index (χ3n) is 5.18. The number of fused-ring (bicyclic) bond motifs is 1. The Morgan fingerprint density at radius 3 is 2.50 bits per heavy atom. The van der Waals surface area contributed by atoms with Gasteiger partial charge in [0.2, 0.25) is 5.91 Å². The number of carbonyl (C=O) groups is 1. The van der Waals surface area contributed by atoms with Crippen LogP contribution in [0.15, 0.2) is 58.1 Å². The van der Waals surface area contributed by atoms with Crippen LogP contribution in [0.25, 0.3) is 10.9 Å². The second kappa shape index (κ2) is 10.5. The minimum Gasteiger partial charge on any atom is -0.352 e. The lowest BCUT2D eigenvalue weighted by molar-refractivity contribution is -0.121. The first kappa shape index (κ1) is 22.2. The molecule has 7 heteroatoms.